The van der Waals surface area contributed by atoms with E-state index in [2.05, 4.69) is 0 Å². The predicted octanol–water partition coefficient (Wildman–Crippen LogP) is 1.50. The van der Waals surface area contributed by atoms with Gasteiger partial charge in [-0.3, -0.25) is 0 Å². The molecule has 1 aliphatic rings. The number of hydrogen-bond donors (Lipinski definition) is 2. The van der Waals surface area contributed by atoms with E-state index in [4.69, 9.17) is 5.11 Å². The van der Waals surface area contributed by atoms with Gasteiger partial charge >= 0.3 is 5.97 Å². The first kappa shape index (κ1) is 8.81. The molecule has 0 spiro atoms. The molecule has 0 aromatic heterocycles. The van der Waals surface area contributed by atoms with Gasteiger partial charge in [-0.1, -0.05) is 18.2 Å². The van der Waals surface area contributed by atoms with Crippen LogP contribution in [0.4, 0.5) is 0 Å². The molecule has 0 saturated heterocycles. The number of rotatable bonds is 1. The minimum absolute atomic E-state index is 0.189. The summed E-state index contributed by atoms with van der Waals surface area (Å²) in [6.45, 7) is 0. The highest BCUT2D eigenvalue weighted by Gasteiger charge is 2.17. The highest BCUT2D eigenvalue weighted by molar-refractivity contribution is 5.88. The molecule has 2 N–H and O–H groups in total. The summed E-state index contributed by atoms with van der Waals surface area (Å²) in [4.78, 5) is 10.7. The van der Waals surface area contributed by atoms with Gasteiger partial charge in [-0.2, -0.15) is 0 Å². The summed E-state index contributed by atoms with van der Waals surface area (Å²) in [5, 5.41) is 18.3. The number of hydrogen-bond acceptors (Lipinski definition) is 2. The zero-order chi connectivity index (χ0) is 10.1. The van der Waals surface area contributed by atoms with Gasteiger partial charge in [-0.15, -0.1) is 0 Å². The second-order valence-corrected chi connectivity index (χ2v) is 3.33. The van der Waals surface area contributed by atoms with Gasteiger partial charge in [0.1, 0.15) is 5.75 Å². The normalized spacial score (nSPS) is 14.4. The van der Waals surface area contributed by atoms with Crippen LogP contribution < -0.4 is 0 Å². The van der Waals surface area contributed by atoms with Crippen LogP contribution in [0.15, 0.2) is 29.8 Å². The number of carboxylic acids is 1. The maximum Gasteiger partial charge on any atom is 0.331 e. The van der Waals surface area contributed by atoms with Crippen LogP contribution >= 0.6 is 0 Å². The first-order chi connectivity index (χ1) is 6.68. The van der Waals surface area contributed by atoms with Gasteiger partial charge in [-0.05, 0) is 18.1 Å². The number of carbonyl (C=O) groups is 1. The molecule has 0 aliphatic heterocycles. The van der Waals surface area contributed by atoms with Crippen molar-refractivity contribution in [2.75, 3.05) is 0 Å². The fraction of sp³-hybridized carbons (Fsp3) is 0.182. The van der Waals surface area contributed by atoms with Crippen molar-refractivity contribution in [2.24, 2.45) is 0 Å². The van der Waals surface area contributed by atoms with Crippen LogP contribution in [0.5, 0.6) is 5.75 Å². The van der Waals surface area contributed by atoms with Crippen molar-refractivity contribution >= 4 is 5.97 Å². The molecular formula is C11H10O3. The molecule has 1 aromatic rings. The summed E-state index contributed by atoms with van der Waals surface area (Å²) in [5.74, 6) is -0.715. The van der Waals surface area contributed by atoms with Gasteiger partial charge in [0.15, 0.2) is 0 Å². The van der Waals surface area contributed by atoms with Crippen LogP contribution in [0.25, 0.3) is 0 Å². The molecule has 14 heavy (non-hydrogen) atoms. The van der Waals surface area contributed by atoms with E-state index in [9.17, 15) is 9.90 Å². The number of carboxylic acid groups (broad SMARTS) is 1. The number of phenolic OH excluding ortho intramolecular Hbond substituents is 1. The third-order valence-corrected chi connectivity index (χ3v) is 2.46. The van der Waals surface area contributed by atoms with Gasteiger partial charge in [0.25, 0.3) is 0 Å². The highest BCUT2D eigenvalue weighted by Crippen LogP contribution is 2.28. The minimum Gasteiger partial charge on any atom is -0.508 e. The quantitative estimate of drug-likeness (QED) is 0.705. The SMILES string of the molecule is O=C(O)C1=CCc2cccc(O)c2C1. The molecule has 0 atom stereocenters. The average Bonchev–Trinajstić information content (AvgIpc) is 2.18. The first-order valence-corrected chi connectivity index (χ1v) is 4.40. The fourth-order valence-corrected chi connectivity index (χ4v) is 1.68. The van der Waals surface area contributed by atoms with Crippen molar-refractivity contribution < 1.29 is 15.0 Å². The summed E-state index contributed by atoms with van der Waals surface area (Å²) in [6.07, 6.45) is 2.60. The maximum absolute atomic E-state index is 10.7. The monoisotopic (exact) mass is 190 g/mol. The van der Waals surface area contributed by atoms with E-state index in [0.29, 0.717) is 18.4 Å². The lowest BCUT2D eigenvalue weighted by Gasteiger charge is -2.15. The molecule has 2 rings (SSSR count). The topological polar surface area (TPSA) is 57.5 Å². The van der Waals surface area contributed by atoms with Crippen molar-refractivity contribution in [2.45, 2.75) is 12.8 Å². The largest absolute Gasteiger partial charge is 0.508 e. The molecular weight excluding hydrogens is 180 g/mol. The van der Waals surface area contributed by atoms with Gasteiger partial charge in [-0.25, -0.2) is 4.79 Å². The Hall–Kier alpha value is -1.77. The standard InChI is InChI=1S/C11H10O3/c12-10-3-1-2-7-4-5-8(11(13)14)6-9(7)10/h1-3,5,12H,4,6H2,(H,13,14). The Kier molecular flexibility index (Phi) is 2.00. The van der Waals surface area contributed by atoms with E-state index < -0.39 is 5.97 Å². The second-order valence-electron chi connectivity index (χ2n) is 3.33. The van der Waals surface area contributed by atoms with Crippen LogP contribution in [0, 0.1) is 0 Å². The van der Waals surface area contributed by atoms with Gasteiger partial charge in [0.05, 0.1) is 0 Å². The van der Waals surface area contributed by atoms with Crippen LogP contribution in [-0.2, 0) is 17.6 Å². The highest BCUT2D eigenvalue weighted by atomic mass is 16.4. The Morgan fingerprint density at radius 2 is 2.14 bits per heavy atom. The van der Waals surface area contributed by atoms with Crippen LogP contribution in [0.1, 0.15) is 11.1 Å². The lowest BCUT2D eigenvalue weighted by Crippen LogP contribution is -2.10. The summed E-state index contributed by atoms with van der Waals surface area (Å²) >= 11 is 0. The first-order valence-electron chi connectivity index (χ1n) is 4.40. The lowest BCUT2D eigenvalue weighted by molar-refractivity contribution is -0.132. The number of aliphatic carboxylic acids is 1. The molecule has 72 valence electrons. The number of benzene rings is 1. The summed E-state index contributed by atoms with van der Waals surface area (Å²) < 4.78 is 0. The van der Waals surface area contributed by atoms with Crippen molar-refractivity contribution in [3.63, 3.8) is 0 Å². The maximum atomic E-state index is 10.7. The van der Waals surface area contributed by atoms with E-state index >= 15 is 0 Å². The molecule has 1 aliphatic carbocycles. The molecule has 0 bridgehead atoms. The Bertz CT molecular complexity index is 419. The Labute approximate surface area is 81.3 Å². The molecule has 0 radical (unpaired) electrons. The van der Waals surface area contributed by atoms with Gasteiger partial charge < -0.3 is 10.2 Å². The Balaban J connectivity index is 2.40. The van der Waals surface area contributed by atoms with Gasteiger partial charge in [0.2, 0.25) is 0 Å². The van der Waals surface area contributed by atoms with E-state index in [-0.39, 0.29) is 5.75 Å². The van der Waals surface area contributed by atoms with Crippen molar-refractivity contribution in [1.82, 2.24) is 0 Å². The van der Waals surface area contributed by atoms with Crippen molar-refractivity contribution in [1.29, 1.82) is 0 Å². The molecule has 1 aromatic carbocycles. The molecule has 3 nitrogen and oxygen atoms in total. The molecule has 3 heteroatoms. The zero-order valence-electron chi connectivity index (χ0n) is 7.53. The molecule has 0 saturated carbocycles. The van der Waals surface area contributed by atoms with E-state index in [0.717, 1.165) is 11.1 Å². The van der Waals surface area contributed by atoms with Crippen LogP contribution in [-0.4, -0.2) is 16.2 Å². The predicted molar refractivity (Wildman–Crippen MR) is 51.2 cm³/mol. The molecule has 0 unspecified atom stereocenters. The Morgan fingerprint density at radius 3 is 2.86 bits per heavy atom. The number of allylic oxidation sites excluding steroid dienone is 1. The molecule has 0 fully saturated rings. The fourth-order valence-electron chi connectivity index (χ4n) is 1.68. The van der Waals surface area contributed by atoms with Crippen LogP contribution in [0.3, 0.4) is 0 Å². The number of aromatic hydroxyl groups is 1. The molecule has 0 heterocycles. The average molecular weight is 190 g/mol. The third-order valence-electron chi connectivity index (χ3n) is 2.46. The van der Waals surface area contributed by atoms with E-state index in [1.54, 1.807) is 18.2 Å². The summed E-state index contributed by atoms with van der Waals surface area (Å²) in [5.41, 5.74) is 2.11. The van der Waals surface area contributed by atoms with Crippen molar-refractivity contribution in [3.8, 4) is 5.75 Å². The summed E-state index contributed by atoms with van der Waals surface area (Å²) in [7, 11) is 0. The minimum atomic E-state index is -0.904. The van der Waals surface area contributed by atoms with Crippen LogP contribution in [0.2, 0.25) is 0 Å². The Morgan fingerprint density at radius 1 is 1.36 bits per heavy atom. The second kappa shape index (κ2) is 3.18. The number of phenols is 1. The van der Waals surface area contributed by atoms with Crippen molar-refractivity contribution in [3.05, 3.63) is 41.0 Å². The smallest absolute Gasteiger partial charge is 0.331 e. The van der Waals surface area contributed by atoms with E-state index in [1.165, 1.54) is 0 Å². The lowest BCUT2D eigenvalue weighted by atomic mass is 9.91. The third kappa shape index (κ3) is 1.37. The molecule has 0 amide bonds. The zero-order valence-corrected chi connectivity index (χ0v) is 7.53. The summed E-state index contributed by atoms with van der Waals surface area (Å²) in [6, 6.07) is 5.27. The van der Waals surface area contributed by atoms with Gasteiger partial charge in [0, 0.05) is 17.6 Å². The van der Waals surface area contributed by atoms with E-state index in [1.807, 2.05) is 6.07 Å². The number of fused-ring (bicyclic) bond motifs is 1.